The molecule has 7 heavy (non-hydrogen) atoms. The first-order chi connectivity index (χ1) is 3.31. The van der Waals surface area contributed by atoms with Gasteiger partial charge in [0.15, 0.2) is 0 Å². The Morgan fingerprint density at radius 1 is 2.00 bits per heavy atom. The van der Waals surface area contributed by atoms with Crippen LogP contribution in [0, 0.1) is 11.3 Å². The van der Waals surface area contributed by atoms with Crippen molar-refractivity contribution in [2.24, 2.45) is 5.73 Å². The van der Waals surface area contributed by atoms with E-state index in [1.807, 2.05) is 6.07 Å². The molecule has 0 heterocycles. The van der Waals surface area contributed by atoms with Crippen LogP contribution in [0.3, 0.4) is 0 Å². The second-order valence-electron chi connectivity index (χ2n) is 1.23. The minimum absolute atomic E-state index is 0.458. The third kappa shape index (κ3) is 3.01. The Kier molecular flexibility index (Phi) is 2.99. The van der Waals surface area contributed by atoms with Crippen LogP contribution in [0.2, 0.25) is 0 Å². The summed E-state index contributed by atoms with van der Waals surface area (Å²) in [5.74, 6) is 0. The summed E-state index contributed by atoms with van der Waals surface area (Å²) in [7, 11) is 0. The van der Waals surface area contributed by atoms with Crippen molar-refractivity contribution in [1.82, 2.24) is 0 Å². The van der Waals surface area contributed by atoms with Crippen molar-refractivity contribution in [3.05, 3.63) is 11.6 Å². The van der Waals surface area contributed by atoms with Crippen LogP contribution >= 0.6 is 0 Å². The molecule has 0 aliphatic carbocycles. The standard InChI is InChI=1S/C5H8N2/c1-5(4-7)2-3-6/h2H,3,6H2,1H3. The van der Waals surface area contributed by atoms with E-state index < -0.39 is 0 Å². The van der Waals surface area contributed by atoms with Crippen LogP contribution in [0.25, 0.3) is 0 Å². The molecule has 0 aliphatic heterocycles. The first-order valence-electron chi connectivity index (χ1n) is 2.08. The van der Waals surface area contributed by atoms with E-state index in [2.05, 4.69) is 0 Å². The van der Waals surface area contributed by atoms with E-state index in [0.29, 0.717) is 12.1 Å². The second kappa shape index (κ2) is 3.38. The van der Waals surface area contributed by atoms with Gasteiger partial charge in [-0.3, -0.25) is 0 Å². The third-order valence-corrected chi connectivity index (χ3v) is 0.600. The van der Waals surface area contributed by atoms with Gasteiger partial charge in [0, 0.05) is 12.1 Å². The fourth-order valence-electron chi connectivity index (χ4n) is 0.222. The maximum absolute atomic E-state index is 8.09. The first-order valence-corrected chi connectivity index (χ1v) is 2.08. The van der Waals surface area contributed by atoms with Gasteiger partial charge in [-0.1, -0.05) is 6.08 Å². The maximum atomic E-state index is 8.09. The molecule has 2 N–H and O–H groups in total. The molecule has 0 aromatic heterocycles. The van der Waals surface area contributed by atoms with Gasteiger partial charge in [-0.05, 0) is 6.92 Å². The topological polar surface area (TPSA) is 49.8 Å². The molecule has 0 spiro atoms. The average molecular weight is 96.1 g/mol. The Morgan fingerprint density at radius 3 is 2.71 bits per heavy atom. The Bertz CT molecular complexity index is 108. The summed E-state index contributed by atoms with van der Waals surface area (Å²) in [6.45, 7) is 2.19. The van der Waals surface area contributed by atoms with Gasteiger partial charge in [0.2, 0.25) is 0 Å². The van der Waals surface area contributed by atoms with E-state index in [9.17, 15) is 0 Å². The van der Waals surface area contributed by atoms with Crippen molar-refractivity contribution < 1.29 is 0 Å². The minimum atomic E-state index is 0.458. The van der Waals surface area contributed by atoms with Crippen LogP contribution in [-0.4, -0.2) is 6.54 Å². The van der Waals surface area contributed by atoms with Crippen molar-refractivity contribution in [3.63, 3.8) is 0 Å². The second-order valence-corrected chi connectivity index (χ2v) is 1.23. The largest absolute Gasteiger partial charge is 0.327 e. The molecule has 0 saturated carbocycles. The predicted molar refractivity (Wildman–Crippen MR) is 28.4 cm³/mol. The summed E-state index contributed by atoms with van der Waals surface area (Å²) in [5.41, 5.74) is 5.76. The van der Waals surface area contributed by atoms with Crippen LogP contribution < -0.4 is 5.73 Å². The average Bonchev–Trinajstić information content (AvgIpc) is 1.68. The molecule has 0 saturated heterocycles. The van der Waals surface area contributed by atoms with Crippen LogP contribution in [0.1, 0.15) is 6.92 Å². The minimum Gasteiger partial charge on any atom is -0.327 e. The first kappa shape index (κ1) is 6.19. The lowest BCUT2D eigenvalue weighted by molar-refractivity contribution is 1.23. The van der Waals surface area contributed by atoms with Gasteiger partial charge >= 0.3 is 0 Å². The molecule has 0 aliphatic rings. The van der Waals surface area contributed by atoms with Crippen molar-refractivity contribution in [1.29, 1.82) is 5.26 Å². The quantitative estimate of drug-likeness (QED) is 0.481. The maximum Gasteiger partial charge on any atom is 0.0941 e. The third-order valence-electron chi connectivity index (χ3n) is 0.600. The van der Waals surface area contributed by atoms with Crippen molar-refractivity contribution in [2.45, 2.75) is 6.92 Å². The number of hydrogen-bond acceptors (Lipinski definition) is 2. The van der Waals surface area contributed by atoms with Crippen molar-refractivity contribution in [3.8, 4) is 6.07 Å². The molecule has 2 nitrogen and oxygen atoms in total. The van der Waals surface area contributed by atoms with Gasteiger partial charge in [0.25, 0.3) is 0 Å². The van der Waals surface area contributed by atoms with E-state index in [0.717, 1.165) is 0 Å². The molecular weight excluding hydrogens is 88.1 g/mol. The normalized spacial score (nSPS) is 10.7. The highest BCUT2D eigenvalue weighted by molar-refractivity contribution is 5.17. The van der Waals surface area contributed by atoms with Gasteiger partial charge < -0.3 is 5.73 Å². The summed E-state index contributed by atoms with van der Waals surface area (Å²) < 4.78 is 0. The number of nitrogens with zero attached hydrogens (tertiary/aromatic N) is 1. The van der Waals surface area contributed by atoms with Crippen LogP contribution in [0.5, 0.6) is 0 Å². The SMILES string of the molecule is CC(C#N)=CCN. The zero-order valence-corrected chi connectivity index (χ0v) is 4.31. The molecule has 0 atom stereocenters. The van der Waals surface area contributed by atoms with Crippen molar-refractivity contribution >= 4 is 0 Å². The van der Waals surface area contributed by atoms with Crippen LogP contribution in [-0.2, 0) is 0 Å². The molecule has 0 radical (unpaired) electrons. The molecule has 0 rings (SSSR count). The Balaban J connectivity index is 3.57. The number of rotatable bonds is 1. The number of allylic oxidation sites excluding steroid dienone is 1. The van der Waals surface area contributed by atoms with Gasteiger partial charge in [-0.2, -0.15) is 5.26 Å². The molecule has 2 heteroatoms. The molecule has 38 valence electrons. The van der Waals surface area contributed by atoms with E-state index >= 15 is 0 Å². The van der Waals surface area contributed by atoms with Gasteiger partial charge in [-0.15, -0.1) is 0 Å². The predicted octanol–water partition coefficient (Wildman–Crippen LogP) is 0.415. The monoisotopic (exact) mass is 96.1 g/mol. The zero-order chi connectivity index (χ0) is 5.70. The lowest BCUT2D eigenvalue weighted by Gasteiger charge is -1.77. The molecule has 0 aromatic rings. The highest BCUT2D eigenvalue weighted by Crippen LogP contribution is 1.83. The van der Waals surface area contributed by atoms with Gasteiger partial charge in [-0.25, -0.2) is 0 Å². The lowest BCUT2D eigenvalue weighted by Crippen LogP contribution is -1.93. The summed E-state index contributed by atoms with van der Waals surface area (Å²) in [6, 6.07) is 1.95. The lowest BCUT2D eigenvalue weighted by atomic mass is 10.3. The van der Waals surface area contributed by atoms with E-state index in [4.69, 9.17) is 11.0 Å². The smallest absolute Gasteiger partial charge is 0.0941 e. The Morgan fingerprint density at radius 2 is 2.57 bits per heavy atom. The number of hydrogen-bond donors (Lipinski definition) is 1. The molecule has 0 aromatic carbocycles. The Labute approximate surface area is 43.2 Å². The summed E-state index contributed by atoms with van der Waals surface area (Å²) in [6.07, 6.45) is 1.68. The number of nitrogens with two attached hydrogens (primary N) is 1. The summed E-state index contributed by atoms with van der Waals surface area (Å²) in [4.78, 5) is 0. The summed E-state index contributed by atoms with van der Waals surface area (Å²) in [5, 5.41) is 8.09. The van der Waals surface area contributed by atoms with E-state index in [1.54, 1.807) is 13.0 Å². The number of nitriles is 1. The van der Waals surface area contributed by atoms with Crippen LogP contribution in [0.15, 0.2) is 11.6 Å². The van der Waals surface area contributed by atoms with Crippen LogP contribution in [0.4, 0.5) is 0 Å². The molecule has 0 unspecified atom stereocenters. The molecule has 0 fully saturated rings. The Hall–Kier alpha value is -0.810. The highest BCUT2D eigenvalue weighted by Gasteiger charge is 1.75. The van der Waals surface area contributed by atoms with Crippen molar-refractivity contribution in [2.75, 3.05) is 6.54 Å². The highest BCUT2D eigenvalue weighted by atomic mass is 14.5. The molecular formula is C5H8N2. The summed E-state index contributed by atoms with van der Waals surface area (Å²) >= 11 is 0. The molecule has 0 bridgehead atoms. The van der Waals surface area contributed by atoms with Gasteiger partial charge in [0.05, 0.1) is 6.07 Å². The van der Waals surface area contributed by atoms with Gasteiger partial charge in [0.1, 0.15) is 0 Å². The molecule has 0 amide bonds. The zero-order valence-electron chi connectivity index (χ0n) is 4.31. The van der Waals surface area contributed by atoms with E-state index in [-0.39, 0.29) is 0 Å². The fraction of sp³-hybridized carbons (Fsp3) is 0.400. The van der Waals surface area contributed by atoms with E-state index in [1.165, 1.54) is 0 Å². The fourth-order valence-corrected chi connectivity index (χ4v) is 0.222.